The fourth-order valence-electron chi connectivity index (χ4n) is 2.05. The summed E-state index contributed by atoms with van der Waals surface area (Å²) in [5, 5.41) is 0. The van der Waals surface area contributed by atoms with Gasteiger partial charge in [-0.1, -0.05) is 12.2 Å². The zero-order valence-corrected chi connectivity index (χ0v) is 13.7. The number of hydrogen-bond donors (Lipinski definition) is 0. The summed E-state index contributed by atoms with van der Waals surface area (Å²) >= 11 is 0. The zero-order valence-electron chi connectivity index (χ0n) is 13.7. The molecule has 5 nitrogen and oxygen atoms in total. The minimum absolute atomic E-state index is 0.159. The quantitative estimate of drug-likeness (QED) is 0.516. The van der Waals surface area contributed by atoms with E-state index in [2.05, 4.69) is 10.8 Å². The van der Waals surface area contributed by atoms with Gasteiger partial charge in [0.2, 0.25) is 5.75 Å². The van der Waals surface area contributed by atoms with Crippen LogP contribution < -0.4 is 14.2 Å². The first-order valence-electron chi connectivity index (χ1n) is 7.19. The molecule has 22 heavy (non-hydrogen) atoms. The predicted molar refractivity (Wildman–Crippen MR) is 85.6 cm³/mol. The highest BCUT2D eigenvalue weighted by Crippen LogP contribution is 2.38. The van der Waals surface area contributed by atoms with Crippen LogP contribution in [0.5, 0.6) is 17.2 Å². The Balaban J connectivity index is 2.61. The van der Waals surface area contributed by atoms with Crippen molar-refractivity contribution in [1.29, 1.82) is 0 Å². The normalized spacial score (nSPS) is 10.5. The van der Waals surface area contributed by atoms with Gasteiger partial charge in [-0.15, -0.1) is 0 Å². The predicted octanol–water partition coefficient (Wildman–Crippen LogP) is 3.46. The van der Waals surface area contributed by atoms with E-state index in [1.165, 1.54) is 7.11 Å². The van der Waals surface area contributed by atoms with E-state index in [-0.39, 0.29) is 5.97 Å². The molecule has 0 aliphatic carbocycles. The van der Waals surface area contributed by atoms with Crippen LogP contribution in [0, 0.1) is 0 Å². The average Bonchev–Trinajstić information content (AvgIpc) is 2.56. The lowest BCUT2D eigenvalue weighted by atomic mass is 10.1. The third-order valence-electron chi connectivity index (χ3n) is 3.23. The summed E-state index contributed by atoms with van der Waals surface area (Å²) in [5.74, 6) is 1.69. The van der Waals surface area contributed by atoms with Crippen molar-refractivity contribution in [3.05, 3.63) is 23.8 Å². The van der Waals surface area contributed by atoms with E-state index in [0.29, 0.717) is 23.7 Å². The summed E-state index contributed by atoms with van der Waals surface area (Å²) in [6, 6.07) is 3.79. The summed E-state index contributed by atoms with van der Waals surface area (Å²) in [5.41, 5.74) is 0.975. The van der Waals surface area contributed by atoms with Crippen LogP contribution in [-0.4, -0.2) is 34.4 Å². The van der Waals surface area contributed by atoms with E-state index < -0.39 is 0 Å². The highest BCUT2D eigenvalue weighted by molar-refractivity contribution is 5.69. The maximum Gasteiger partial charge on any atom is 0.305 e. The fourth-order valence-corrected chi connectivity index (χ4v) is 2.05. The van der Waals surface area contributed by atoms with Gasteiger partial charge in [-0.05, 0) is 37.0 Å². The van der Waals surface area contributed by atoms with Crippen LogP contribution in [-0.2, 0) is 9.53 Å². The Kier molecular flexibility index (Phi) is 7.89. The minimum Gasteiger partial charge on any atom is -0.493 e. The lowest BCUT2D eigenvalue weighted by Gasteiger charge is -2.12. The molecular weight excluding hydrogens is 284 g/mol. The summed E-state index contributed by atoms with van der Waals surface area (Å²) < 4.78 is 20.5. The van der Waals surface area contributed by atoms with E-state index in [1.54, 1.807) is 21.3 Å². The molecule has 0 aliphatic heterocycles. The highest BCUT2D eigenvalue weighted by Gasteiger charge is 2.11. The third-order valence-corrected chi connectivity index (χ3v) is 3.23. The van der Waals surface area contributed by atoms with Crippen LogP contribution in [0.4, 0.5) is 0 Å². The molecule has 0 atom stereocenters. The molecule has 0 bridgehead atoms. The molecule has 1 rings (SSSR count). The number of rotatable bonds is 9. The van der Waals surface area contributed by atoms with E-state index in [9.17, 15) is 4.79 Å². The van der Waals surface area contributed by atoms with Crippen molar-refractivity contribution in [1.82, 2.24) is 0 Å². The molecule has 0 aliphatic rings. The zero-order chi connectivity index (χ0) is 16.4. The summed E-state index contributed by atoms with van der Waals surface area (Å²) in [6.45, 7) is 0. The molecule has 0 fully saturated rings. The number of methoxy groups -OCH3 is 4. The van der Waals surface area contributed by atoms with Gasteiger partial charge in [-0.2, -0.15) is 0 Å². The molecule has 1 aromatic carbocycles. The smallest absolute Gasteiger partial charge is 0.305 e. The van der Waals surface area contributed by atoms with Crippen molar-refractivity contribution in [3.63, 3.8) is 0 Å². The van der Waals surface area contributed by atoms with Crippen molar-refractivity contribution < 1.29 is 23.7 Å². The molecule has 0 spiro atoms. The monoisotopic (exact) mass is 308 g/mol. The van der Waals surface area contributed by atoms with Crippen molar-refractivity contribution in [2.75, 3.05) is 28.4 Å². The lowest BCUT2D eigenvalue weighted by molar-refractivity contribution is -0.140. The molecule has 122 valence electrons. The van der Waals surface area contributed by atoms with E-state index in [1.807, 2.05) is 18.2 Å². The van der Waals surface area contributed by atoms with E-state index in [4.69, 9.17) is 14.2 Å². The van der Waals surface area contributed by atoms with Crippen LogP contribution in [0.3, 0.4) is 0 Å². The van der Waals surface area contributed by atoms with Gasteiger partial charge in [0, 0.05) is 6.42 Å². The molecule has 0 saturated heterocycles. The van der Waals surface area contributed by atoms with E-state index in [0.717, 1.165) is 24.8 Å². The third kappa shape index (κ3) is 5.31. The molecule has 5 heteroatoms. The van der Waals surface area contributed by atoms with Gasteiger partial charge in [0.15, 0.2) is 11.5 Å². The van der Waals surface area contributed by atoms with E-state index >= 15 is 0 Å². The lowest BCUT2D eigenvalue weighted by Crippen LogP contribution is -1.98. The van der Waals surface area contributed by atoms with Gasteiger partial charge >= 0.3 is 5.97 Å². The fraction of sp³-hybridized carbons (Fsp3) is 0.471. The van der Waals surface area contributed by atoms with Crippen molar-refractivity contribution in [2.45, 2.75) is 25.7 Å². The molecule has 1 aromatic rings. The Hall–Kier alpha value is -2.17. The molecule has 0 amide bonds. The van der Waals surface area contributed by atoms with Crippen molar-refractivity contribution in [2.24, 2.45) is 0 Å². The van der Waals surface area contributed by atoms with Gasteiger partial charge in [-0.25, -0.2) is 0 Å². The summed E-state index contributed by atoms with van der Waals surface area (Å²) in [4.78, 5) is 11.0. The second-order valence-corrected chi connectivity index (χ2v) is 4.68. The first kappa shape index (κ1) is 17.9. The number of carbonyl (C=O) groups excluding carboxylic acids is 1. The number of esters is 1. The van der Waals surface area contributed by atoms with Crippen LogP contribution >= 0.6 is 0 Å². The first-order chi connectivity index (χ1) is 10.7. The van der Waals surface area contributed by atoms with Crippen LogP contribution in [0.1, 0.15) is 31.2 Å². The molecule has 0 unspecified atom stereocenters. The van der Waals surface area contributed by atoms with Gasteiger partial charge < -0.3 is 18.9 Å². The van der Waals surface area contributed by atoms with Crippen molar-refractivity contribution in [3.8, 4) is 17.2 Å². The maximum atomic E-state index is 11.0. The van der Waals surface area contributed by atoms with Gasteiger partial charge in [0.05, 0.1) is 28.4 Å². The Morgan fingerprint density at radius 2 is 1.64 bits per heavy atom. The molecule has 0 heterocycles. The van der Waals surface area contributed by atoms with Crippen LogP contribution in [0.15, 0.2) is 18.2 Å². The summed E-state index contributed by atoms with van der Waals surface area (Å²) in [7, 11) is 6.18. The number of benzene rings is 1. The van der Waals surface area contributed by atoms with Crippen molar-refractivity contribution >= 4 is 12.0 Å². The topological polar surface area (TPSA) is 54.0 Å². The van der Waals surface area contributed by atoms with Gasteiger partial charge in [0.1, 0.15) is 0 Å². The molecule has 0 aromatic heterocycles. The number of unbranched alkanes of at least 4 members (excludes halogenated alkanes) is 2. The Bertz CT molecular complexity index is 483. The Morgan fingerprint density at radius 1 is 1.00 bits per heavy atom. The molecule has 0 radical (unpaired) electrons. The highest BCUT2D eigenvalue weighted by atomic mass is 16.5. The number of ether oxygens (including phenoxy) is 4. The van der Waals surface area contributed by atoms with Gasteiger partial charge in [0.25, 0.3) is 0 Å². The minimum atomic E-state index is -0.159. The standard InChI is InChI=1S/C17H24O5/c1-19-14-11-13(12-15(20-2)17(14)22-4)9-7-5-6-8-10-16(18)21-3/h7,9,11-12H,5-6,8,10H2,1-4H3. The molecule has 0 N–H and O–H groups in total. The molecule has 0 saturated carbocycles. The summed E-state index contributed by atoms with van der Waals surface area (Å²) in [6.07, 6.45) is 7.20. The number of carbonyl (C=O) groups is 1. The average molecular weight is 308 g/mol. The molecular formula is C17H24O5. The largest absolute Gasteiger partial charge is 0.493 e. The number of allylic oxidation sites excluding steroid dienone is 1. The Morgan fingerprint density at radius 3 is 2.14 bits per heavy atom. The first-order valence-corrected chi connectivity index (χ1v) is 7.19. The Labute approximate surface area is 131 Å². The SMILES string of the molecule is COC(=O)CCCCC=Cc1cc(OC)c(OC)c(OC)c1. The second-order valence-electron chi connectivity index (χ2n) is 4.68. The number of hydrogen-bond acceptors (Lipinski definition) is 5. The van der Waals surface area contributed by atoms with Crippen LogP contribution in [0.25, 0.3) is 6.08 Å². The maximum absolute atomic E-state index is 11.0. The van der Waals surface area contributed by atoms with Gasteiger partial charge in [-0.3, -0.25) is 4.79 Å². The van der Waals surface area contributed by atoms with Crippen LogP contribution in [0.2, 0.25) is 0 Å². The second kappa shape index (κ2) is 9.71.